The van der Waals surface area contributed by atoms with E-state index in [9.17, 15) is 14.4 Å². The second kappa shape index (κ2) is 9.36. The third-order valence-corrected chi connectivity index (χ3v) is 6.35. The lowest BCUT2D eigenvalue weighted by atomic mass is 9.98. The van der Waals surface area contributed by atoms with Crippen LogP contribution in [0.5, 0.6) is 0 Å². The average molecular weight is 411 g/mol. The van der Waals surface area contributed by atoms with Crippen LogP contribution in [0, 0.1) is 12.8 Å². The molecule has 0 radical (unpaired) electrons. The fourth-order valence-electron chi connectivity index (χ4n) is 2.59. The molecule has 2 unspecified atom stereocenters. The minimum absolute atomic E-state index is 0.179. The summed E-state index contributed by atoms with van der Waals surface area (Å²) in [6.07, 6.45) is 1.90. The molecule has 0 aromatic carbocycles. The van der Waals surface area contributed by atoms with E-state index in [-0.39, 0.29) is 5.56 Å². The first kappa shape index (κ1) is 21.4. The summed E-state index contributed by atoms with van der Waals surface area (Å²) in [5.41, 5.74) is 0.887. The van der Waals surface area contributed by atoms with Crippen LogP contribution in [0.3, 0.4) is 0 Å². The first-order valence-electron chi connectivity index (χ1n) is 9.04. The Hall–Kier alpha value is -1.87. The predicted octanol–water partition coefficient (Wildman–Crippen LogP) is 3.21. The van der Waals surface area contributed by atoms with Crippen molar-refractivity contribution in [3.63, 3.8) is 0 Å². The van der Waals surface area contributed by atoms with Gasteiger partial charge in [-0.1, -0.05) is 32.0 Å². The van der Waals surface area contributed by atoms with E-state index in [1.165, 1.54) is 11.3 Å². The summed E-state index contributed by atoms with van der Waals surface area (Å²) < 4.78 is 0. The number of aromatic amines is 1. The fourth-order valence-corrected chi connectivity index (χ4v) is 4.50. The largest absolute Gasteiger partial charge is 0.338 e. The summed E-state index contributed by atoms with van der Waals surface area (Å²) in [4.78, 5) is 45.3. The molecule has 2 aromatic rings. The van der Waals surface area contributed by atoms with E-state index >= 15 is 0 Å². The standard InChI is InChI=1S/C18H26N4O3S2/c1-6-9(3)8-12-10(4)26-16-13(12)15(24)21-18(22-16)27-11(5)14(23)20-17(25)19-7-2/h9,11H,6-8H2,1-5H3,(H,21,22,24)(H2,19,20,23,25). The number of amides is 3. The van der Waals surface area contributed by atoms with E-state index in [1.807, 2.05) is 6.92 Å². The fraction of sp³-hybridized carbons (Fsp3) is 0.556. The number of aromatic nitrogens is 2. The number of carbonyl (C=O) groups excluding carboxylic acids is 2. The Morgan fingerprint density at radius 1 is 1.30 bits per heavy atom. The SMILES string of the molecule is CCNC(=O)NC(=O)C(C)Sc1nc2sc(C)c(CC(C)CC)c2c(=O)[nH]1. The highest BCUT2D eigenvalue weighted by molar-refractivity contribution is 8.00. The van der Waals surface area contributed by atoms with Gasteiger partial charge in [0.05, 0.1) is 10.6 Å². The second-order valence-electron chi connectivity index (χ2n) is 6.51. The number of thiophene rings is 1. The van der Waals surface area contributed by atoms with E-state index in [4.69, 9.17) is 0 Å². The van der Waals surface area contributed by atoms with Gasteiger partial charge in [-0.2, -0.15) is 0 Å². The number of thioether (sulfide) groups is 1. The molecule has 0 saturated heterocycles. The van der Waals surface area contributed by atoms with Gasteiger partial charge in [-0.3, -0.25) is 14.9 Å². The quantitative estimate of drug-likeness (QED) is 0.480. The molecule has 2 rings (SSSR count). The van der Waals surface area contributed by atoms with Crippen LogP contribution in [0.25, 0.3) is 10.2 Å². The van der Waals surface area contributed by atoms with Crippen molar-refractivity contribution in [1.82, 2.24) is 20.6 Å². The van der Waals surface area contributed by atoms with Crippen LogP contribution in [0.15, 0.2) is 9.95 Å². The van der Waals surface area contributed by atoms with Gasteiger partial charge < -0.3 is 10.3 Å². The van der Waals surface area contributed by atoms with E-state index in [0.717, 1.165) is 35.0 Å². The average Bonchev–Trinajstić information content (AvgIpc) is 2.90. The number of urea groups is 1. The minimum atomic E-state index is -0.575. The molecule has 0 aliphatic heterocycles. The number of rotatable bonds is 7. The molecule has 148 valence electrons. The highest BCUT2D eigenvalue weighted by atomic mass is 32.2. The Labute approximate surface area is 166 Å². The van der Waals surface area contributed by atoms with Gasteiger partial charge >= 0.3 is 6.03 Å². The molecule has 7 nitrogen and oxygen atoms in total. The van der Waals surface area contributed by atoms with Crippen molar-refractivity contribution in [2.45, 2.75) is 57.9 Å². The molecule has 9 heteroatoms. The molecule has 2 aromatic heterocycles. The Morgan fingerprint density at radius 3 is 2.63 bits per heavy atom. The number of hydrogen-bond acceptors (Lipinski definition) is 6. The van der Waals surface area contributed by atoms with Crippen molar-refractivity contribution >= 4 is 45.3 Å². The van der Waals surface area contributed by atoms with Gasteiger partial charge in [0.2, 0.25) is 5.91 Å². The minimum Gasteiger partial charge on any atom is -0.338 e. The summed E-state index contributed by atoms with van der Waals surface area (Å²) >= 11 is 2.63. The van der Waals surface area contributed by atoms with Gasteiger partial charge in [-0.05, 0) is 38.7 Å². The molecule has 3 amide bonds. The van der Waals surface area contributed by atoms with Crippen LogP contribution < -0.4 is 16.2 Å². The lowest BCUT2D eigenvalue weighted by molar-refractivity contribution is -0.119. The number of hydrogen-bond donors (Lipinski definition) is 3. The lowest BCUT2D eigenvalue weighted by Gasteiger charge is -2.11. The van der Waals surface area contributed by atoms with Gasteiger partial charge in [-0.25, -0.2) is 9.78 Å². The van der Waals surface area contributed by atoms with Crippen molar-refractivity contribution in [3.8, 4) is 0 Å². The van der Waals surface area contributed by atoms with Crippen LogP contribution in [0.4, 0.5) is 4.79 Å². The molecular weight excluding hydrogens is 384 g/mol. The number of H-pyrrole nitrogens is 1. The van der Waals surface area contributed by atoms with Crippen molar-refractivity contribution in [3.05, 3.63) is 20.8 Å². The van der Waals surface area contributed by atoms with Crippen molar-refractivity contribution in [2.75, 3.05) is 6.54 Å². The Morgan fingerprint density at radius 2 is 2.00 bits per heavy atom. The number of carbonyl (C=O) groups is 2. The molecular formula is C18H26N4O3S2. The van der Waals surface area contributed by atoms with E-state index in [0.29, 0.717) is 27.8 Å². The zero-order valence-electron chi connectivity index (χ0n) is 16.3. The van der Waals surface area contributed by atoms with Gasteiger partial charge in [-0.15, -0.1) is 11.3 Å². The van der Waals surface area contributed by atoms with Crippen LogP contribution in [0.1, 0.15) is 44.6 Å². The summed E-state index contributed by atoms with van der Waals surface area (Å²) in [6.45, 7) is 10.2. The topological polar surface area (TPSA) is 104 Å². The molecule has 2 heterocycles. The molecule has 0 spiro atoms. The molecule has 0 aliphatic rings. The van der Waals surface area contributed by atoms with E-state index in [2.05, 4.69) is 34.4 Å². The molecule has 0 saturated carbocycles. The van der Waals surface area contributed by atoms with E-state index in [1.54, 1.807) is 13.8 Å². The van der Waals surface area contributed by atoms with Gasteiger partial charge in [0, 0.05) is 11.4 Å². The lowest BCUT2D eigenvalue weighted by Crippen LogP contribution is -2.42. The van der Waals surface area contributed by atoms with Crippen molar-refractivity contribution in [1.29, 1.82) is 0 Å². The number of fused-ring (bicyclic) bond motifs is 1. The number of nitrogens with zero attached hydrogens (tertiary/aromatic N) is 1. The molecule has 0 fully saturated rings. The second-order valence-corrected chi connectivity index (χ2v) is 9.05. The maximum Gasteiger partial charge on any atom is 0.321 e. The predicted molar refractivity (Wildman–Crippen MR) is 111 cm³/mol. The summed E-state index contributed by atoms with van der Waals surface area (Å²) in [5, 5.41) is 5.23. The molecule has 0 aliphatic carbocycles. The first-order valence-corrected chi connectivity index (χ1v) is 10.7. The number of aryl methyl sites for hydroxylation is 1. The monoisotopic (exact) mass is 410 g/mol. The van der Waals surface area contributed by atoms with Crippen LogP contribution in [-0.2, 0) is 11.2 Å². The van der Waals surface area contributed by atoms with Crippen LogP contribution in [-0.4, -0.2) is 33.7 Å². The van der Waals surface area contributed by atoms with Gasteiger partial charge in [0.25, 0.3) is 5.56 Å². The maximum absolute atomic E-state index is 12.7. The smallest absolute Gasteiger partial charge is 0.321 e. The van der Waals surface area contributed by atoms with Crippen LogP contribution in [0.2, 0.25) is 0 Å². The third kappa shape index (κ3) is 5.32. The summed E-state index contributed by atoms with van der Waals surface area (Å²) in [5.74, 6) is 0.0569. The highest BCUT2D eigenvalue weighted by Crippen LogP contribution is 2.31. The maximum atomic E-state index is 12.7. The van der Waals surface area contributed by atoms with E-state index < -0.39 is 17.2 Å². The molecule has 27 heavy (non-hydrogen) atoms. The summed E-state index contributed by atoms with van der Waals surface area (Å²) in [6, 6.07) is -0.532. The first-order chi connectivity index (χ1) is 12.8. The highest BCUT2D eigenvalue weighted by Gasteiger charge is 2.21. The molecule has 0 bridgehead atoms. The normalized spacial score (nSPS) is 13.4. The zero-order chi connectivity index (χ0) is 20.1. The Kier molecular flexibility index (Phi) is 7.43. The van der Waals surface area contributed by atoms with Crippen LogP contribution >= 0.6 is 23.1 Å². The van der Waals surface area contributed by atoms with Crippen molar-refractivity contribution < 1.29 is 9.59 Å². The van der Waals surface area contributed by atoms with Gasteiger partial charge in [0.1, 0.15) is 4.83 Å². The zero-order valence-corrected chi connectivity index (χ0v) is 17.9. The third-order valence-electron chi connectivity index (χ3n) is 4.32. The number of imide groups is 1. The van der Waals surface area contributed by atoms with Crippen molar-refractivity contribution in [2.24, 2.45) is 5.92 Å². The number of nitrogens with one attached hydrogen (secondary N) is 3. The molecule has 3 N–H and O–H groups in total. The summed E-state index contributed by atoms with van der Waals surface area (Å²) in [7, 11) is 0. The Balaban J connectivity index is 2.22. The van der Waals surface area contributed by atoms with Gasteiger partial charge in [0.15, 0.2) is 5.16 Å². The Bertz CT molecular complexity index is 891. The molecule has 2 atom stereocenters.